The van der Waals surface area contributed by atoms with E-state index in [1.807, 2.05) is 67.6 Å². The molecule has 0 bridgehead atoms. The fourth-order valence-corrected chi connectivity index (χ4v) is 4.40. The molecule has 0 saturated heterocycles. The number of benzene rings is 2. The Labute approximate surface area is 241 Å². The van der Waals surface area contributed by atoms with Crippen molar-refractivity contribution in [3.63, 3.8) is 0 Å². The molecule has 0 saturated carbocycles. The molecule has 2 rings (SSSR count). The Morgan fingerprint density at radius 2 is 1.41 bits per heavy atom. The first-order valence-corrected chi connectivity index (χ1v) is 13.9. The van der Waals surface area contributed by atoms with Crippen molar-refractivity contribution in [2.75, 3.05) is 0 Å². The second kappa shape index (κ2) is 15.6. The van der Waals surface area contributed by atoms with Crippen LogP contribution in [0.1, 0.15) is 64.5 Å². The average Bonchev–Trinajstić information content (AvgIpc) is 2.92. The van der Waals surface area contributed by atoms with Gasteiger partial charge >= 0.3 is 0 Å². The molecule has 2 aromatic rings. The molecule has 0 fully saturated rings. The lowest BCUT2D eigenvalue weighted by molar-refractivity contribution is -0.142. The molecule has 0 aromatic heterocycles. The van der Waals surface area contributed by atoms with E-state index in [0.29, 0.717) is 6.42 Å². The minimum absolute atomic E-state index is 0.0363. The molecule has 3 atom stereocenters. The Bertz CT molecular complexity index is 1230. The highest BCUT2D eigenvalue weighted by molar-refractivity contribution is 6.38. The number of ketones is 3. The quantitative estimate of drug-likeness (QED) is 0.252. The van der Waals surface area contributed by atoms with Crippen LogP contribution in [0.5, 0.6) is 0 Å². The van der Waals surface area contributed by atoms with Crippen LogP contribution in [0.3, 0.4) is 0 Å². The summed E-state index contributed by atoms with van der Waals surface area (Å²) in [5.74, 6) is -4.38. The summed E-state index contributed by atoms with van der Waals surface area (Å²) in [6.45, 7) is 6.29. The molecule has 9 heteroatoms. The normalized spacial score (nSPS) is 13.4. The van der Waals surface area contributed by atoms with Gasteiger partial charge in [-0.3, -0.25) is 28.8 Å². The molecule has 0 heterocycles. The maximum absolute atomic E-state index is 13.3. The van der Waals surface area contributed by atoms with Gasteiger partial charge in [0.1, 0.15) is 5.78 Å². The van der Waals surface area contributed by atoms with Gasteiger partial charge < -0.3 is 16.4 Å². The van der Waals surface area contributed by atoms with Crippen LogP contribution in [0.4, 0.5) is 0 Å². The number of hydrogen-bond donors (Lipinski definition) is 3. The van der Waals surface area contributed by atoms with Crippen LogP contribution in [0.2, 0.25) is 0 Å². The molecular weight excluding hydrogens is 522 g/mol. The Hall–Kier alpha value is -4.14. The van der Waals surface area contributed by atoms with E-state index in [-0.39, 0.29) is 37.9 Å². The monoisotopic (exact) mass is 563 g/mol. The Kier molecular flexibility index (Phi) is 12.6. The van der Waals surface area contributed by atoms with Gasteiger partial charge in [0.05, 0.1) is 17.5 Å². The third-order valence-corrected chi connectivity index (χ3v) is 6.94. The largest absolute Gasteiger partial charge is 0.369 e. The highest BCUT2D eigenvalue weighted by Gasteiger charge is 2.34. The van der Waals surface area contributed by atoms with Gasteiger partial charge in [-0.2, -0.15) is 0 Å². The summed E-state index contributed by atoms with van der Waals surface area (Å²) in [5.41, 5.74) is 5.97. The summed E-state index contributed by atoms with van der Waals surface area (Å²) >= 11 is 0. The summed E-state index contributed by atoms with van der Waals surface area (Å²) in [4.78, 5) is 76.3. The molecule has 0 radical (unpaired) electrons. The lowest BCUT2D eigenvalue weighted by atomic mass is 9.84. The van der Waals surface area contributed by atoms with Crippen LogP contribution < -0.4 is 16.4 Å². The van der Waals surface area contributed by atoms with E-state index in [1.54, 1.807) is 0 Å². The minimum atomic E-state index is -1.19. The lowest BCUT2D eigenvalue weighted by Gasteiger charge is -2.24. The maximum atomic E-state index is 13.3. The van der Waals surface area contributed by atoms with E-state index in [4.69, 9.17) is 5.73 Å². The maximum Gasteiger partial charge on any atom is 0.290 e. The fourth-order valence-electron chi connectivity index (χ4n) is 4.40. The molecule has 3 unspecified atom stereocenters. The van der Waals surface area contributed by atoms with Crippen molar-refractivity contribution in [2.24, 2.45) is 17.1 Å². The molecule has 9 nitrogen and oxygen atoms in total. The second-order valence-electron chi connectivity index (χ2n) is 11.1. The Morgan fingerprint density at radius 3 is 1.95 bits per heavy atom. The van der Waals surface area contributed by atoms with Gasteiger partial charge in [-0.15, -0.1) is 0 Å². The number of primary amides is 1. The minimum Gasteiger partial charge on any atom is -0.369 e. The van der Waals surface area contributed by atoms with Crippen LogP contribution in [0, 0.1) is 11.3 Å². The van der Waals surface area contributed by atoms with E-state index in [9.17, 15) is 28.8 Å². The first kappa shape index (κ1) is 33.1. The van der Waals surface area contributed by atoms with Crippen LogP contribution in [-0.4, -0.2) is 47.2 Å². The summed E-state index contributed by atoms with van der Waals surface area (Å²) in [6.07, 6.45) is 1.05. The number of rotatable bonds is 17. The first-order valence-electron chi connectivity index (χ1n) is 13.9. The lowest BCUT2D eigenvalue weighted by Crippen LogP contribution is -2.51. The number of nitrogens with two attached hydrogens (primary N) is 1. The number of hydrogen-bond acceptors (Lipinski definition) is 6. The molecule has 0 aliphatic rings. The highest BCUT2D eigenvalue weighted by atomic mass is 16.2. The standard InChI is InChI=1S/C32H41N3O6/c1-5-12-26(27(37)20-32(3,4)31(33)41)35-30(40)28(38)21(2)34-29(39)24(17-22-13-8-6-9-14-22)19-25(36)18-23-15-10-7-11-16-23/h6-11,13-16,21,24,26H,5,12,17-20H2,1-4H3,(H2,33,41)(H,34,39)(H,35,40). The van der Waals surface area contributed by atoms with E-state index in [2.05, 4.69) is 10.6 Å². The van der Waals surface area contributed by atoms with Crippen LogP contribution in [0.15, 0.2) is 60.7 Å². The molecule has 0 spiro atoms. The smallest absolute Gasteiger partial charge is 0.290 e. The van der Waals surface area contributed by atoms with Crippen molar-refractivity contribution in [1.82, 2.24) is 10.6 Å². The summed E-state index contributed by atoms with van der Waals surface area (Å²) in [7, 11) is 0. The zero-order valence-electron chi connectivity index (χ0n) is 24.3. The van der Waals surface area contributed by atoms with E-state index < -0.39 is 52.7 Å². The number of amides is 3. The van der Waals surface area contributed by atoms with Crippen molar-refractivity contribution in [3.8, 4) is 0 Å². The van der Waals surface area contributed by atoms with Gasteiger partial charge in [0.15, 0.2) is 5.78 Å². The van der Waals surface area contributed by atoms with Crippen molar-refractivity contribution in [2.45, 2.75) is 78.3 Å². The summed E-state index contributed by atoms with van der Waals surface area (Å²) < 4.78 is 0. The predicted octanol–water partition coefficient (Wildman–Crippen LogP) is 2.88. The molecule has 41 heavy (non-hydrogen) atoms. The SMILES string of the molecule is CCCC(NC(=O)C(=O)C(C)NC(=O)C(CC(=O)Cc1ccccc1)Cc1ccccc1)C(=O)CC(C)(C)C(N)=O. The van der Waals surface area contributed by atoms with Crippen molar-refractivity contribution in [1.29, 1.82) is 0 Å². The fraction of sp³-hybridized carbons (Fsp3) is 0.438. The van der Waals surface area contributed by atoms with Crippen molar-refractivity contribution in [3.05, 3.63) is 71.8 Å². The number of Topliss-reactive ketones (excluding diaryl/α,β-unsaturated/α-hetero) is 3. The Balaban J connectivity index is 2.09. The molecule has 3 amide bonds. The third kappa shape index (κ3) is 10.7. The van der Waals surface area contributed by atoms with Gasteiger partial charge in [-0.05, 0) is 30.9 Å². The first-order chi connectivity index (χ1) is 19.3. The van der Waals surface area contributed by atoms with Gasteiger partial charge in [-0.25, -0.2) is 0 Å². The summed E-state index contributed by atoms with van der Waals surface area (Å²) in [6, 6.07) is 16.3. The average molecular weight is 564 g/mol. The van der Waals surface area contributed by atoms with Crippen molar-refractivity contribution < 1.29 is 28.8 Å². The highest BCUT2D eigenvalue weighted by Crippen LogP contribution is 2.22. The number of carbonyl (C=O) groups excluding carboxylic acids is 6. The molecule has 0 aliphatic heterocycles. The zero-order chi connectivity index (χ0) is 30.6. The van der Waals surface area contributed by atoms with E-state index in [0.717, 1.165) is 11.1 Å². The number of nitrogens with one attached hydrogen (secondary N) is 2. The van der Waals surface area contributed by atoms with Gasteiger partial charge in [-0.1, -0.05) is 87.9 Å². The summed E-state index contributed by atoms with van der Waals surface area (Å²) in [5, 5.41) is 5.06. The van der Waals surface area contributed by atoms with Gasteiger partial charge in [0.25, 0.3) is 5.91 Å². The number of carbonyl (C=O) groups is 6. The van der Waals surface area contributed by atoms with E-state index in [1.165, 1.54) is 20.8 Å². The topological polar surface area (TPSA) is 152 Å². The molecule has 2 aromatic carbocycles. The van der Waals surface area contributed by atoms with E-state index >= 15 is 0 Å². The van der Waals surface area contributed by atoms with Crippen LogP contribution in [-0.2, 0) is 41.6 Å². The second-order valence-corrected chi connectivity index (χ2v) is 11.1. The van der Waals surface area contributed by atoms with Crippen molar-refractivity contribution >= 4 is 35.1 Å². The van der Waals surface area contributed by atoms with Crippen LogP contribution >= 0.6 is 0 Å². The molecule has 0 aliphatic carbocycles. The van der Waals surface area contributed by atoms with Gasteiger partial charge in [0.2, 0.25) is 17.6 Å². The predicted molar refractivity (Wildman–Crippen MR) is 155 cm³/mol. The molecule has 220 valence electrons. The molecule has 4 N–H and O–H groups in total. The molecular formula is C32H41N3O6. The Morgan fingerprint density at radius 1 is 0.854 bits per heavy atom. The van der Waals surface area contributed by atoms with Gasteiger partial charge in [0, 0.05) is 25.2 Å². The third-order valence-electron chi connectivity index (χ3n) is 6.94. The zero-order valence-corrected chi connectivity index (χ0v) is 24.3. The van der Waals surface area contributed by atoms with Crippen LogP contribution in [0.25, 0.3) is 0 Å².